The molecule has 2 nitrogen and oxygen atoms in total. The largest absolute Gasteiger partial charge is 0.328 e. The summed E-state index contributed by atoms with van der Waals surface area (Å²) in [6.07, 6.45) is 9.64. The van der Waals surface area contributed by atoms with Gasteiger partial charge in [0.1, 0.15) is 0 Å². The van der Waals surface area contributed by atoms with E-state index in [-0.39, 0.29) is 0 Å². The van der Waals surface area contributed by atoms with Crippen LogP contribution in [0.5, 0.6) is 0 Å². The fourth-order valence-corrected chi connectivity index (χ4v) is 2.28. The quantitative estimate of drug-likeness (QED) is 0.616. The van der Waals surface area contributed by atoms with Gasteiger partial charge in [-0.15, -0.1) is 0 Å². The Morgan fingerprint density at radius 3 is 2.64 bits per heavy atom. The summed E-state index contributed by atoms with van der Waals surface area (Å²) >= 11 is 0. The standard InChI is InChI=1S/C12H26N2/c1-11(13)5-4-9-14-10-8-12-6-2-3-7-12/h11-12,14H,2-10,13H2,1H3. The Morgan fingerprint density at radius 2 is 2.00 bits per heavy atom. The molecular formula is C12H26N2. The van der Waals surface area contributed by atoms with E-state index in [4.69, 9.17) is 5.73 Å². The topological polar surface area (TPSA) is 38.0 Å². The van der Waals surface area contributed by atoms with Crippen LogP contribution < -0.4 is 11.1 Å². The van der Waals surface area contributed by atoms with Gasteiger partial charge in [0, 0.05) is 6.04 Å². The zero-order valence-electron chi connectivity index (χ0n) is 9.60. The van der Waals surface area contributed by atoms with Gasteiger partial charge in [-0.05, 0) is 45.2 Å². The van der Waals surface area contributed by atoms with Crippen molar-refractivity contribution in [3.63, 3.8) is 0 Å². The maximum absolute atomic E-state index is 5.68. The first kappa shape index (κ1) is 12.0. The molecule has 0 radical (unpaired) electrons. The van der Waals surface area contributed by atoms with Crippen molar-refractivity contribution in [2.75, 3.05) is 13.1 Å². The first-order valence-electron chi connectivity index (χ1n) is 6.25. The molecule has 1 unspecified atom stereocenters. The summed E-state index contributed by atoms with van der Waals surface area (Å²) in [5.41, 5.74) is 5.68. The predicted octanol–water partition coefficient (Wildman–Crippen LogP) is 2.28. The molecule has 0 aromatic heterocycles. The second-order valence-corrected chi connectivity index (χ2v) is 4.81. The highest BCUT2D eigenvalue weighted by Crippen LogP contribution is 2.26. The first-order chi connectivity index (χ1) is 6.79. The molecule has 1 saturated carbocycles. The SMILES string of the molecule is CC(N)CCCNCCC1CCCC1. The molecule has 0 aromatic rings. The monoisotopic (exact) mass is 198 g/mol. The zero-order chi connectivity index (χ0) is 10.2. The summed E-state index contributed by atoms with van der Waals surface area (Å²) in [5.74, 6) is 1.02. The van der Waals surface area contributed by atoms with Gasteiger partial charge in [0.25, 0.3) is 0 Å². The molecule has 1 rings (SSSR count). The molecule has 0 amide bonds. The van der Waals surface area contributed by atoms with Crippen LogP contribution in [0.1, 0.15) is 51.9 Å². The molecule has 0 heterocycles. The molecule has 0 saturated heterocycles. The third-order valence-electron chi connectivity index (χ3n) is 3.22. The molecule has 1 aliphatic carbocycles. The Bertz CT molecular complexity index is 128. The summed E-state index contributed by atoms with van der Waals surface area (Å²) in [6, 6.07) is 0.367. The van der Waals surface area contributed by atoms with Gasteiger partial charge in [0.15, 0.2) is 0 Å². The molecule has 2 heteroatoms. The van der Waals surface area contributed by atoms with E-state index >= 15 is 0 Å². The van der Waals surface area contributed by atoms with Crippen LogP contribution in [-0.2, 0) is 0 Å². The van der Waals surface area contributed by atoms with Gasteiger partial charge in [-0.2, -0.15) is 0 Å². The fourth-order valence-electron chi connectivity index (χ4n) is 2.28. The number of nitrogens with two attached hydrogens (primary N) is 1. The molecule has 0 bridgehead atoms. The Kier molecular flexibility index (Phi) is 6.20. The van der Waals surface area contributed by atoms with Crippen LogP contribution in [0.2, 0.25) is 0 Å². The molecule has 0 aromatic carbocycles. The van der Waals surface area contributed by atoms with Crippen LogP contribution in [0, 0.1) is 5.92 Å². The van der Waals surface area contributed by atoms with Crippen molar-refractivity contribution in [2.24, 2.45) is 11.7 Å². The number of nitrogens with one attached hydrogen (secondary N) is 1. The van der Waals surface area contributed by atoms with Crippen LogP contribution in [0.15, 0.2) is 0 Å². The maximum Gasteiger partial charge on any atom is 0.00109 e. The lowest BCUT2D eigenvalue weighted by Gasteiger charge is -2.10. The highest BCUT2D eigenvalue weighted by Gasteiger charge is 2.13. The van der Waals surface area contributed by atoms with E-state index in [1.807, 2.05) is 0 Å². The summed E-state index contributed by atoms with van der Waals surface area (Å²) in [7, 11) is 0. The smallest absolute Gasteiger partial charge is 0.00109 e. The summed E-state index contributed by atoms with van der Waals surface area (Å²) in [5, 5.41) is 3.51. The van der Waals surface area contributed by atoms with E-state index in [0.29, 0.717) is 6.04 Å². The van der Waals surface area contributed by atoms with E-state index < -0.39 is 0 Å². The lowest BCUT2D eigenvalue weighted by Crippen LogP contribution is -2.21. The van der Waals surface area contributed by atoms with Crippen LogP contribution in [-0.4, -0.2) is 19.1 Å². The third-order valence-corrected chi connectivity index (χ3v) is 3.22. The highest BCUT2D eigenvalue weighted by molar-refractivity contribution is 4.68. The zero-order valence-corrected chi connectivity index (χ0v) is 9.60. The molecule has 1 fully saturated rings. The van der Waals surface area contributed by atoms with Crippen molar-refractivity contribution >= 4 is 0 Å². The minimum atomic E-state index is 0.367. The number of hydrogen-bond acceptors (Lipinski definition) is 2. The summed E-state index contributed by atoms with van der Waals surface area (Å²) in [4.78, 5) is 0. The van der Waals surface area contributed by atoms with Crippen LogP contribution in [0.4, 0.5) is 0 Å². The van der Waals surface area contributed by atoms with Crippen molar-refractivity contribution in [3.8, 4) is 0 Å². The lowest BCUT2D eigenvalue weighted by atomic mass is 10.0. The van der Waals surface area contributed by atoms with Gasteiger partial charge in [-0.3, -0.25) is 0 Å². The van der Waals surface area contributed by atoms with Crippen molar-refractivity contribution in [2.45, 2.75) is 57.9 Å². The highest BCUT2D eigenvalue weighted by atomic mass is 14.8. The molecule has 1 aliphatic rings. The van der Waals surface area contributed by atoms with Crippen molar-refractivity contribution < 1.29 is 0 Å². The Labute approximate surface area is 88.6 Å². The van der Waals surface area contributed by atoms with E-state index in [1.54, 1.807) is 0 Å². The molecule has 0 aliphatic heterocycles. The first-order valence-corrected chi connectivity index (χ1v) is 6.25. The van der Waals surface area contributed by atoms with Crippen molar-refractivity contribution in [1.29, 1.82) is 0 Å². The van der Waals surface area contributed by atoms with Crippen molar-refractivity contribution in [3.05, 3.63) is 0 Å². The van der Waals surface area contributed by atoms with Crippen LogP contribution in [0.25, 0.3) is 0 Å². The van der Waals surface area contributed by atoms with Gasteiger partial charge in [-0.1, -0.05) is 25.7 Å². The Balaban J connectivity index is 1.79. The van der Waals surface area contributed by atoms with Gasteiger partial charge in [0.2, 0.25) is 0 Å². The maximum atomic E-state index is 5.68. The van der Waals surface area contributed by atoms with Gasteiger partial charge < -0.3 is 11.1 Å². The number of rotatable bonds is 7. The van der Waals surface area contributed by atoms with E-state index in [0.717, 1.165) is 18.9 Å². The average molecular weight is 198 g/mol. The fraction of sp³-hybridized carbons (Fsp3) is 1.00. The predicted molar refractivity (Wildman–Crippen MR) is 62.3 cm³/mol. The van der Waals surface area contributed by atoms with Crippen LogP contribution >= 0.6 is 0 Å². The second-order valence-electron chi connectivity index (χ2n) is 4.81. The summed E-state index contributed by atoms with van der Waals surface area (Å²) in [6.45, 7) is 4.44. The molecule has 84 valence electrons. The minimum Gasteiger partial charge on any atom is -0.328 e. The lowest BCUT2D eigenvalue weighted by molar-refractivity contribution is 0.470. The Hall–Kier alpha value is -0.0800. The van der Waals surface area contributed by atoms with E-state index in [9.17, 15) is 0 Å². The average Bonchev–Trinajstić information content (AvgIpc) is 2.63. The van der Waals surface area contributed by atoms with E-state index in [1.165, 1.54) is 45.1 Å². The molecular weight excluding hydrogens is 172 g/mol. The molecule has 3 N–H and O–H groups in total. The van der Waals surface area contributed by atoms with Crippen LogP contribution in [0.3, 0.4) is 0 Å². The Morgan fingerprint density at radius 1 is 1.29 bits per heavy atom. The second kappa shape index (κ2) is 7.24. The molecule has 0 spiro atoms. The van der Waals surface area contributed by atoms with Gasteiger partial charge in [0.05, 0.1) is 0 Å². The molecule has 1 atom stereocenters. The van der Waals surface area contributed by atoms with Gasteiger partial charge >= 0.3 is 0 Å². The third kappa shape index (κ3) is 5.61. The van der Waals surface area contributed by atoms with Gasteiger partial charge in [-0.25, -0.2) is 0 Å². The van der Waals surface area contributed by atoms with Crippen molar-refractivity contribution in [1.82, 2.24) is 5.32 Å². The molecule has 14 heavy (non-hydrogen) atoms. The van der Waals surface area contributed by atoms with E-state index in [2.05, 4.69) is 12.2 Å². The summed E-state index contributed by atoms with van der Waals surface area (Å²) < 4.78 is 0. The minimum absolute atomic E-state index is 0.367. The normalized spacial score (nSPS) is 20.1. The number of hydrogen-bond donors (Lipinski definition) is 2.